The molecule has 1 fully saturated rings. The number of rotatable bonds is 12. The summed E-state index contributed by atoms with van der Waals surface area (Å²) in [6.45, 7) is 23.8. The van der Waals surface area contributed by atoms with Gasteiger partial charge in [-0.1, -0.05) is 123 Å². The van der Waals surface area contributed by atoms with E-state index in [4.69, 9.17) is 58.8 Å². The summed E-state index contributed by atoms with van der Waals surface area (Å²) in [4.78, 5) is 103. The Bertz CT molecular complexity index is 5750. The first-order valence-electron chi connectivity index (χ1n) is 36.9. The number of esters is 6. The van der Waals surface area contributed by atoms with Crippen LogP contribution in [0.4, 0.5) is 28.4 Å². The molecule has 0 saturated carbocycles. The van der Waals surface area contributed by atoms with Crippen molar-refractivity contribution in [2.24, 2.45) is 5.92 Å². The number of nitrogen functional groups attached to an aromatic ring is 5. The molecule has 1 atom stereocenters. The van der Waals surface area contributed by atoms with E-state index in [9.17, 15) is 38.4 Å². The quantitative estimate of drug-likeness (QED) is 0.0149. The Hall–Kier alpha value is -9.95. The van der Waals surface area contributed by atoms with Gasteiger partial charge >= 0.3 is 35.8 Å². The molecule has 0 spiro atoms. The Morgan fingerprint density at radius 3 is 1.57 bits per heavy atom. The standard InChI is InChI=1S/C25H29N3O5.C14H18BrNO2Si.2C11H10BrNO2.C9H9BrINO2.C9H10BrNO2.C9H11NO2/c1-14-9-20(31-3)19(24(29)26-14)11-28-8-7-27-6-5-16-10-18(23(32-4)17-12-33-13-17)15(2)21(22(16)27)25(28)30;1-9-11(15)8-10(6-7-19(3,4)5)13(16)12(9)14(17)18-2;1-6-8(12)5-7-3-4-13-10(7)9(6)11(14)15-2;1-4-7-5-8(12)6(2)9(10(7)13)11(14)15-3;1-4-5(10)3-6(11)8(12)7(4)9(13)14-2;1-5-6(10)3-4-7(11)8(5)9(12)13-2;1-6-4-3-5-7(10)8(6)9(11)12-2/h5-6,9-10,17,23H,7-8,11-13H2,1-4H3,(H,26,29);8H,16H2,1-5H3;3-5,13H,1-2H3;1,5H,13H2,2-3H3;3H,12H2,1-2H3;3-4H,11H2,1-2H3;3-5H,10H2,1-2H3. The molecule has 3 aromatic heterocycles. The van der Waals surface area contributed by atoms with Gasteiger partial charge in [-0.05, 0) is 189 Å². The maximum atomic E-state index is 13.9. The van der Waals surface area contributed by atoms with Gasteiger partial charge in [0.2, 0.25) is 0 Å². The Morgan fingerprint density at radius 1 is 0.570 bits per heavy atom. The molecule has 0 aliphatic carbocycles. The molecular formula is C88H97Br5IN9O17Si. The number of halogens is 6. The van der Waals surface area contributed by atoms with E-state index in [0.717, 1.165) is 97.9 Å². The van der Waals surface area contributed by atoms with E-state index in [1.54, 1.807) is 62.4 Å². The number of anilines is 5. The fourth-order valence-corrected chi connectivity index (χ4v) is 16.3. The van der Waals surface area contributed by atoms with Gasteiger partial charge in [0.1, 0.15) is 13.8 Å². The van der Waals surface area contributed by atoms with Crippen LogP contribution in [0, 0.1) is 88.7 Å². The second-order valence-electron chi connectivity index (χ2n) is 28.4. The van der Waals surface area contributed by atoms with Crippen molar-refractivity contribution in [3.8, 4) is 29.6 Å². The molecule has 0 radical (unpaired) electrons. The first-order valence-corrected chi connectivity index (χ1v) is 45.4. The SMILES string of the molecule is C#Cc1cc(Br)c(C)c(C(=O)OC)c1N.COC(=O)c1c(C)c(Br)cc(C#C[Si](C)(C)C)c1N.COC(=O)c1c(C)c(Br)cc(I)c1N.COC(=O)c1c(C)c(Br)cc2cc[nH]c12.COC(=O)c1c(C)cccc1N.COC(=O)c1c(N)ccc(Br)c1C.COc1cc(C)[nH]c(=O)c1CN1CCn2ccc3cc(C(OC)C4COC4)c(C)c(c32)C1=O. The number of nitrogens with one attached hydrogen (secondary N) is 2. The lowest BCUT2D eigenvalue weighted by molar-refractivity contribution is -0.105. The number of ether oxygens (including phenoxy) is 9. The number of amides is 1. The van der Waals surface area contributed by atoms with E-state index in [1.165, 1.54) is 42.7 Å². The molecule has 10 aromatic rings. The molecule has 2 aliphatic rings. The number of methoxy groups -OCH3 is 8. The molecule has 121 heavy (non-hydrogen) atoms. The average Bonchev–Trinajstić information content (AvgIpc) is 1.62. The third-order valence-electron chi connectivity index (χ3n) is 19.4. The minimum Gasteiger partial charge on any atom is -0.496 e. The summed E-state index contributed by atoms with van der Waals surface area (Å²) in [7, 11) is 9.81. The number of pyridine rings is 1. The van der Waals surface area contributed by atoms with Crippen LogP contribution >= 0.6 is 102 Å². The lowest BCUT2D eigenvalue weighted by Gasteiger charge is -2.34. The van der Waals surface area contributed by atoms with Crippen LogP contribution in [-0.2, 0) is 51.0 Å². The van der Waals surface area contributed by atoms with Crippen molar-refractivity contribution in [1.29, 1.82) is 0 Å². The maximum absolute atomic E-state index is 13.9. The molecule has 12 N–H and O–H groups in total. The van der Waals surface area contributed by atoms with Crippen molar-refractivity contribution in [3.05, 3.63) is 233 Å². The molecule has 1 saturated heterocycles. The van der Waals surface area contributed by atoms with Crippen LogP contribution in [0.2, 0.25) is 19.6 Å². The number of nitrogens with two attached hydrogens (primary N) is 5. The number of aryl methyl sites for hydroxylation is 2. The largest absolute Gasteiger partial charge is 0.496 e. The van der Waals surface area contributed by atoms with Gasteiger partial charge in [-0.25, -0.2) is 28.8 Å². The zero-order valence-electron chi connectivity index (χ0n) is 70.4. The van der Waals surface area contributed by atoms with Gasteiger partial charge in [-0.15, -0.1) is 12.0 Å². The van der Waals surface area contributed by atoms with Crippen LogP contribution in [0.25, 0.3) is 21.8 Å². The van der Waals surface area contributed by atoms with Gasteiger partial charge in [-0.3, -0.25) is 9.59 Å². The number of hydrogen-bond acceptors (Lipinski definition) is 22. The predicted molar refractivity (Wildman–Crippen MR) is 502 cm³/mol. The normalized spacial score (nSPS) is 12.0. The van der Waals surface area contributed by atoms with Gasteiger partial charge in [0.05, 0.1) is 148 Å². The van der Waals surface area contributed by atoms with Crippen LogP contribution in [0.5, 0.6) is 5.75 Å². The van der Waals surface area contributed by atoms with E-state index in [0.29, 0.717) is 110 Å². The summed E-state index contributed by atoms with van der Waals surface area (Å²) >= 11 is 18.9. The van der Waals surface area contributed by atoms with E-state index >= 15 is 0 Å². The van der Waals surface area contributed by atoms with Gasteiger partial charge in [0.15, 0.2) is 0 Å². The van der Waals surface area contributed by atoms with Crippen LogP contribution in [0.15, 0.2) is 118 Å². The summed E-state index contributed by atoms with van der Waals surface area (Å²) in [6, 6.07) is 24.1. The number of terminal acetylenes is 1. The van der Waals surface area contributed by atoms with Crippen molar-refractivity contribution in [2.45, 2.75) is 94.2 Å². The molecule has 1 unspecified atom stereocenters. The summed E-state index contributed by atoms with van der Waals surface area (Å²) in [6.07, 6.45) is 8.98. The van der Waals surface area contributed by atoms with E-state index in [-0.39, 0.29) is 47.7 Å². The predicted octanol–water partition coefficient (Wildman–Crippen LogP) is 17.7. The monoisotopic (exact) mass is 2100 g/mol. The van der Waals surface area contributed by atoms with Crippen molar-refractivity contribution < 1.29 is 76.2 Å². The molecule has 2 aliphatic heterocycles. The maximum Gasteiger partial charge on any atom is 0.340 e. The molecule has 33 heteroatoms. The number of nitrogens with zero attached hydrogens (tertiary/aromatic N) is 2. The summed E-state index contributed by atoms with van der Waals surface area (Å²) in [5.74, 6) is 3.76. The van der Waals surface area contributed by atoms with Crippen molar-refractivity contribution in [3.63, 3.8) is 0 Å². The number of carbonyl (C=O) groups is 7. The third-order valence-corrected chi connectivity index (χ3v) is 25.3. The van der Waals surface area contributed by atoms with Crippen LogP contribution < -0.4 is 39.0 Å². The third kappa shape index (κ3) is 24.1. The number of carbonyl (C=O) groups excluding carboxylic acids is 7. The van der Waals surface area contributed by atoms with E-state index in [2.05, 4.69) is 185 Å². The molecule has 1 amide bonds. The molecule has 12 rings (SSSR count). The molecular weight excluding hydrogens is 2010 g/mol. The fourth-order valence-electron chi connectivity index (χ4n) is 12.7. The lowest BCUT2D eigenvalue weighted by atomic mass is 9.88. The zero-order valence-corrected chi connectivity index (χ0v) is 81.5. The Balaban J connectivity index is 0.000000227. The summed E-state index contributed by atoms with van der Waals surface area (Å²) in [5.41, 5.74) is 48.0. The summed E-state index contributed by atoms with van der Waals surface area (Å²) in [5, 5.41) is 2.02. The van der Waals surface area contributed by atoms with Crippen molar-refractivity contribution in [2.75, 3.05) is 105 Å². The number of hydrogen-bond donors (Lipinski definition) is 7. The molecule has 5 heterocycles. The van der Waals surface area contributed by atoms with Crippen LogP contribution in [0.1, 0.15) is 146 Å². The first kappa shape index (κ1) is 99.9. The highest BCUT2D eigenvalue weighted by atomic mass is 127. The zero-order chi connectivity index (χ0) is 90.7. The topological polar surface area (TPSA) is 389 Å². The van der Waals surface area contributed by atoms with E-state index < -0.39 is 32.0 Å². The van der Waals surface area contributed by atoms with Crippen LogP contribution in [-0.4, -0.2) is 146 Å². The van der Waals surface area contributed by atoms with E-state index in [1.807, 2.05) is 91.2 Å². The van der Waals surface area contributed by atoms with Gasteiger partial charge in [-0.2, -0.15) is 0 Å². The van der Waals surface area contributed by atoms with Gasteiger partial charge < -0.3 is 90.7 Å². The Morgan fingerprint density at radius 2 is 1.06 bits per heavy atom. The highest BCUT2D eigenvalue weighted by Crippen LogP contribution is 2.40. The summed E-state index contributed by atoms with van der Waals surface area (Å²) < 4.78 is 51.9. The minimum atomic E-state index is -1.49. The smallest absolute Gasteiger partial charge is 0.340 e. The molecule has 7 aromatic carbocycles. The number of benzene rings is 7. The highest BCUT2D eigenvalue weighted by molar-refractivity contribution is 14.1. The lowest BCUT2D eigenvalue weighted by Crippen LogP contribution is -2.36. The number of aromatic nitrogens is 3. The molecule has 642 valence electrons. The Kier molecular flexibility index (Phi) is 36.9. The molecule has 26 nitrogen and oxygen atoms in total. The fraction of sp³-hybridized carbons (Fsp3) is 0.295. The van der Waals surface area contributed by atoms with Gasteiger partial charge in [0.25, 0.3) is 11.5 Å². The number of fused-ring (bicyclic) bond motifs is 1. The van der Waals surface area contributed by atoms with Crippen molar-refractivity contribution >= 4 is 202 Å². The Labute approximate surface area is 759 Å². The second kappa shape index (κ2) is 44.7. The highest BCUT2D eigenvalue weighted by Gasteiger charge is 2.36. The number of aromatic amines is 2. The first-order chi connectivity index (χ1) is 57.0. The second-order valence-corrected chi connectivity index (χ2v) is 38.6. The number of H-pyrrole nitrogens is 2. The van der Waals surface area contributed by atoms with Gasteiger partial charge in [0, 0.05) is 103 Å². The molecule has 0 bridgehead atoms. The van der Waals surface area contributed by atoms with Crippen LogP contribution in [0.3, 0.4) is 0 Å². The minimum absolute atomic E-state index is 0.0847. The van der Waals surface area contributed by atoms with Crippen molar-refractivity contribution in [1.82, 2.24) is 19.4 Å². The average molecular weight is 2110 g/mol.